The second-order valence-electron chi connectivity index (χ2n) is 39.8. The molecule has 0 heterocycles. The van der Waals surface area contributed by atoms with E-state index in [-0.39, 0.29) is 52.4 Å². The van der Waals surface area contributed by atoms with Gasteiger partial charge in [-0.15, -0.1) is 6.58 Å². The highest BCUT2D eigenvalue weighted by molar-refractivity contribution is 14.1. The molecule has 0 radical (unpaired) electrons. The van der Waals surface area contributed by atoms with Gasteiger partial charge in [0.25, 0.3) is 0 Å². The van der Waals surface area contributed by atoms with Crippen LogP contribution in [0.25, 0.3) is 90.0 Å². The molecule has 130 heavy (non-hydrogen) atoms. The number of hydrogen-bond donors (Lipinski definition) is 0. The summed E-state index contributed by atoms with van der Waals surface area (Å²) >= 11 is 7.18. The molecule has 0 aliphatic heterocycles. The Kier molecular flexibility index (Phi) is 28.2. The van der Waals surface area contributed by atoms with Crippen molar-refractivity contribution in [3.8, 4) is 77.9 Å². The maximum absolute atomic E-state index is 5.44. The fourth-order valence-corrected chi connectivity index (χ4v) is 22.9. The number of hydrogen-bond acceptors (Lipinski definition) is 2. The molecule has 21 rings (SSSR count). The van der Waals surface area contributed by atoms with Crippen LogP contribution in [0.15, 0.2) is 311 Å². The minimum absolute atomic E-state index is 0. The van der Waals surface area contributed by atoms with Gasteiger partial charge in [-0.1, -0.05) is 411 Å². The van der Waals surface area contributed by atoms with E-state index in [1.807, 2.05) is 12.2 Å². The highest BCUT2D eigenvalue weighted by Crippen LogP contribution is 2.56. The SMILES string of the molecule is C.C=CB(OCCCC)OCCCC.C=Cc1ccc2c(c1)C(C)(C)c1ccccc1-2.C=Cc1ccc2c(c1)C(C)(C)c1ccccc1-2.CC1(C)c2cc(I)ccc2-c2ccc(I)cc21.CC1(C)c2ccccc2-c2ccc(CCc3ccc4c(c3)C(C)(C)c3cc(CCc5ccc6c(c5)C(C)(C)c5ccccc5-6)ccc3-4)cc21.CC1(C)c2ccccc2-c2ccc(I)cc21. The summed E-state index contributed by atoms with van der Waals surface area (Å²) in [6.45, 7) is 50.0. The highest BCUT2D eigenvalue weighted by Gasteiger charge is 2.42. The Morgan fingerprint density at radius 2 is 0.438 bits per heavy atom. The van der Waals surface area contributed by atoms with Gasteiger partial charge in [-0.3, -0.25) is 0 Å². The van der Waals surface area contributed by atoms with Gasteiger partial charge in [0.05, 0.1) is 0 Å². The predicted octanol–water partition coefficient (Wildman–Crippen LogP) is 34.7. The van der Waals surface area contributed by atoms with Crippen molar-refractivity contribution in [1.29, 1.82) is 0 Å². The van der Waals surface area contributed by atoms with Crippen molar-refractivity contribution < 1.29 is 9.31 Å². The number of rotatable bonds is 17. The average molecular weight is 2040 g/mol. The highest BCUT2D eigenvalue weighted by atomic mass is 127. The van der Waals surface area contributed by atoms with Crippen molar-refractivity contribution in [2.24, 2.45) is 0 Å². The van der Waals surface area contributed by atoms with Crippen molar-refractivity contribution in [2.45, 2.75) is 207 Å². The van der Waals surface area contributed by atoms with E-state index in [1.165, 1.54) is 200 Å². The van der Waals surface area contributed by atoms with E-state index < -0.39 is 0 Å². The van der Waals surface area contributed by atoms with Gasteiger partial charge < -0.3 is 9.31 Å². The molecule has 0 aromatic heterocycles. The predicted molar refractivity (Wildman–Crippen MR) is 586 cm³/mol. The van der Waals surface area contributed by atoms with E-state index in [9.17, 15) is 0 Å². The van der Waals surface area contributed by atoms with Crippen LogP contribution in [-0.2, 0) is 72.9 Å². The number of halogens is 3. The monoisotopic (exact) mass is 2040 g/mol. The first-order valence-corrected chi connectivity index (χ1v) is 49.8. The smallest absolute Gasteiger partial charge is 0.408 e. The minimum Gasteiger partial charge on any atom is -0.408 e. The van der Waals surface area contributed by atoms with Crippen molar-refractivity contribution >= 4 is 87.0 Å². The second-order valence-corrected chi connectivity index (χ2v) is 43.5. The van der Waals surface area contributed by atoms with Gasteiger partial charge in [0, 0.05) is 61.8 Å². The summed E-state index contributed by atoms with van der Waals surface area (Å²) in [6, 6.07) is 107. The molecule has 0 bridgehead atoms. The first-order valence-electron chi connectivity index (χ1n) is 46.6. The topological polar surface area (TPSA) is 18.5 Å². The number of benzene rings is 14. The second kappa shape index (κ2) is 38.6. The minimum atomic E-state index is -0.210. The van der Waals surface area contributed by atoms with Crippen LogP contribution in [0.1, 0.15) is 255 Å². The molecule has 14 aromatic rings. The molecule has 2 nitrogen and oxygen atoms in total. The summed E-state index contributed by atoms with van der Waals surface area (Å²) in [4.78, 5) is 0. The first kappa shape index (κ1) is 95.1. The van der Waals surface area contributed by atoms with E-state index in [0.717, 1.165) is 64.6 Å². The van der Waals surface area contributed by atoms with Gasteiger partial charge in [0.2, 0.25) is 0 Å². The zero-order valence-electron chi connectivity index (χ0n) is 78.6. The summed E-state index contributed by atoms with van der Waals surface area (Å²) in [5, 5.41) is 0. The van der Waals surface area contributed by atoms with E-state index >= 15 is 0 Å². The molecule has 0 fully saturated rings. The molecule has 0 spiro atoms. The van der Waals surface area contributed by atoms with E-state index in [1.54, 1.807) is 5.98 Å². The van der Waals surface area contributed by atoms with Gasteiger partial charge in [-0.25, -0.2) is 0 Å². The molecule has 0 N–H and O–H groups in total. The van der Waals surface area contributed by atoms with E-state index in [4.69, 9.17) is 9.31 Å². The summed E-state index contributed by atoms with van der Waals surface area (Å²) in [7, 11) is -0.210. The van der Waals surface area contributed by atoms with Crippen LogP contribution in [0.5, 0.6) is 0 Å². The molecule has 7 aliphatic carbocycles. The van der Waals surface area contributed by atoms with Crippen LogP contribution < -0.4 is 0 Å². The molecular formula is C124H128BI3O2. The van der Waals surface area contributed by atoms with Crippen LogP contribution in [-0.4, -0.2) is 20.3 Å². The summed E-state index contributed by atoms with van der Waals surface area (Å²) in [6.07, 6.45) is 12.5. The maximum atomic E-state index is 5.44. The van der Waals surface area contributed by atoms with Crippen LogP contribution in [0.4, 0.5) is 0 Å². The normalized spacial score (nSPS) is 15.1. The quantitative estimate of drug-likeness (QED) is 0.0514. The molecule has 6 heteroatoms. The first-order chi connectivity index (χ1) is 61.8. The van der Waals surface area contributed by atoms with Crippen molar-refractivity contribution in [2.75, 3.05) is 13.2 Å². The molecular weight excluding hydrogens is 1910 g/mol. The molecule has 0 amide bonds. The molecule has 7 aliphatic rings. The largest absolute Gasteiger partial charge is 0.485 e. The molecule has 0 atom stereocenters. The van der Waals surface area contributed by atoms with Gasteiger partial charge in [-0.2, -0.15) is 0 Å². The fourth-order valence-electron chi connectivity index (χ4n) is 21.5. The standard InChI is InChI=1S/C49H46.2C17H16.C15H12I2.C15H13I.C10H21BO2.CH4/c1-47(2)41-13-9-7-11-35(41)37-23-19-31(27-43(37)47)15-17-33-21-25-39-40-26-22-34(30-46(40)49(5,6)45(39)29-33)18-16-32-20-24-38-36-12-8-10-14-42(36)48(3,4)44(38)28-32;2*1-4-12-9-10-14-13-7-5-6-8-15(13)17(2,3)16(14)11-12;1-15(2)13-7-9(16)3-5-11(13)12-6-4-10(17)8-14(12)15;1-15(2)13-6-4-3-5-11(13)12-8-7-10(16)9-14(12)15;1-4-7-9-12-11(6-3)13-10-8-5-2;/h7-14,19-30H,15-18H2,1-6H3;2*4-11H,1H2,2-3H3;3-8H,1-2H3;3-9H,1-2H3;6H,3-5,7-10H2,1-2H3;1H4. The molecule has 0 saturated carbocycles. The zero-order chi connectivity index (χ0) is 91.3. The number of fused-ring (bicyclic) bond motifs is 21. The van der Waals surface area contributed by atoms with Gasteiger partial charge in [-0.05, 0) is 332 Å². The van der Waals surface area contributed by atoms with E-state index in [0.29, 0.717) is 0 Å². The maximum Gasteiger partial charge on any atom is 0.485 e. The molecule has 0 saturated heterocycles. The molecule has 660 valence electrons. The van der Waals surface area contributed by atoms with Gasteiger partial charge in [0.15, 0.2) is 0 Å². The zero-order valence-corrected chi connectivity index (χ0v) is 85.1. The van der Waals surface area contributed by atoms with Crippen molar-refractivity contribution in [3.05, 3.63) is 433 Å². The third-order valence-corrected chi connectivity index (χ3v) is 31.1. The van der Waals surface area contributed by atoms with Gasteiger partial charge >= 0.3 is 7.12 Å². The van der Waals surface area contributed by atoms with Crippen LogP contribution in [0.2, 0.25) is 0 Å². The van der Waals surface area contributed by atoms with Crippen LogP contribution in [0, 0.1) is 10.7 Å². The third-order valence-electron chi connectivity index (χ3n) is 29.1. The lowest BCUT2D eigenvalue weighted by Gasteiger charge is -2.23. The number of unbranched alkanes of at least 4 members (excludes halogenated alkanes) is 2. The lowest BCUT2D eigenvalue weighted by molar-refractivity contribution is 0.201. The fraction of sp³-hybridized carbons (Fsp3) is 0.274. The van der Waals surface area contributed by atoms with Crippen LogP contribution >= 0.6 is 67.8 Å². The molecule has 14 aromatic carbocycles. The van der Waals surface area contributed by atoms with E-state index in [2.05, 4.69) is 483 Å². The Labute approximate surface area is 820 Å². The summed E-state index contributed by atoms with van der Waals surface area (Å²) < 4.78 is 14.8. The average Bonchev–Trinajstić information content (AvgIpc) is 1.60. The lowest BCUT2D eigenvalue weighted by atomic mass is 9.80. The van der Waals surface area contributed by atoms with Crippen molar-refractivity contribution in [3.63, 3.8) is 0 Å². The summed E-state index contributed by atoms with van der Waals surface area (Å²) in [5.41, 5.74) is 48.5. The Balaban J connectivity index is 0.000000132. The Morgan fingerprint density at radius 1 is 0.246 bits per heavy atom. The third kappa shape index (κ3) is 18.1. The van der Waals surface area contributed by atoms with Crippen LogP contribution in [0.3, 0.4) is 0 Å². The number of aryl methyl sites for hydroxylation is 4. The Bertz CT molecular complexity index is 6300. The Morgan fingerprint density at radius 3 is 0.662 bits per heavy atom. The van der Waals surface area contributed by atoms with Gasteiger partial charge in [0.1, 0.15) is 0 Å². The van der Waals surface area contributed by atoms with Crippen molar-refractivity contribution in [1.82, 2.24) is 0 Å². The lowest BCUT2D eigenvalue weighted by Crippen LogP contribution is -2.21. The molecule has 0 unspecified atom stereocenters. The Hall–Kier alpha value is -9.53. The summed E-state index contributed by atoms with van der Waals surface area (Å²) in [5.74, 6) is 1.71.